The number of carbonyl (C=O) groups excluding carboxylic acids is 2. The van der Waals surface area contributed by atoms with Crippen LogP contribution in [0.2, 0.25) is 0 Å². The minimum absolute atomic E-state index is 0.0395. The highest BCUT2D eigenvalue weighted by Crippen LogP contribution is 2.35. The first-order valence-corrected chi connectivity index (χ1v) is 6.76. The molecule has 1 aliphatic heterocycles. The Morgan fingerprint density at radius 2 is 1.87 bits per heavy atom. The number of methoxy groups -OCH3 is 1. The van der Waals surface area contributed by atoms with E-state index in [9.17, 15) is 19.7 Å². The molecule has 0 saturated carbocycles. The lowest BCUT2D eigenvalue weighted by Gasteiger charge is -2.15. The minimum atomic E-state index is -0.693. The highest BCUT2D eigenvalue weighted by atomic mass is 16.6. The summed E-state index contributed by atoms with van der Waals surface area (Å²) in [4.78, 5) is 36.5. The lowest BCUT2D eigenvalue weighted by molar-refractivity contribution is -0.385. The molecule has 0 atom stereocenters. The standard InChI is InChI=1S/C16H12N2O5/c1-9-8-10(6-7-13(9)23-2)17-15(19)11-4-3-5-12(18(21)22)14(11)16(17)20/h3-8H,1-2H3. The summed E-state index contributed by atoms with van der Waals surface area (Å²) in [5, 5.41) is 11.1. The lowest BCUT2D eigenvalue weighted by atomic mass is 10.1. The Bertz CT molecular complexity index is 860. The number of nitro groups is 1. The van der Waals surface area contributed by atoms with Gasteiger partial charge in [0.2, 0.25) is 0 Å². The van der Waals surface area contributed by atoms with E-state index < -0.39 is 16.7 Å². The normalized spacial score (nSPS) is 13.2. The lowest BCUT2D eigenvalue weighted by Crippen LogP contribution is -2.29. The molecule has 7 heteroatoms. The van der Waals surface area contributed by atoms with Gasteiger partial charge in [0.25, 0.3) is 17.5 Å². The largest absolute Gasteiger partial charge is 0.496 e. The summed E-state index contributed by atoms with van der Waals surface area (Å²) < 4.78 is 5.15. The molecule has 0 unspecified atom stereocenters. The molecule has 0 fully saturated rings. The number of benzene rings is 2. The number of amides is 2. The number of ether oxygens (including phenoxy) is 1. The van der Waals surface area contributed by atoms with Crippen LogP contribution in [0.5, 0.6) is 5.75 Å². The summed E-state index contributed by atoms with van der Waals surface area (Å²) in [5.41, 5.74) is 0.599. The zero-order valence-electron chi connectivity index (χ0n) is 12.4. The van der Waals surface area contributed by atoms with E-state index in [2.05, 4.69) is 0 Å². The number of nitro benzene ring substituents is 1. The number of rotatable bonds is 3. The summed E-state index contributed by atoms with van der Waals surface area (Å²) in [6.45, 7) is 1.78. The SMILES string of the molecule is COc1ccc(N2C(=O)c3cccc([N+](=O)[O-])c3C2=O)cc1C. The topological polar surface area (TPSA) is 89.8 Å². The van der Waals surface area contributed by atoms with Crippen molar-refractivity contribution >= 4 is 23.2 Å². The number of imide groups is 1. The molecule has 0 aliphatic carbocycles. The number of hydrogen-bond donors (Lipinski definition) is 0. The van der Waals surface area contributed by atoms with Crippen LogP contribution < -0.4 is 9.64 Å². The Labute approximate surface area is 131 Å². The Morgan fingerprint density at radius 1 is 1.13 bits per heavy atom. The second kappa shape index (κ2) is 5.20. The molecule has 0 saturated heterocycles. The van der Waals surface area contributed by atoms with Gasteiger partial charge in [-0.3, -0.25) is 19.7 Å². The predicted octanol–water partition coefficient (Wildman–Crippen LogP) is 2.71. The van der Waals surface area contributed by atoms with Gasteiger partial charge >= 0.3 is 0 Å². The average Bonchev–Trinajstić information content (AvgIpc) is 2.78. The molecular formula is C16H12N2O5. The fraction of sp³-hybridized carbons (Fsp3) is 0.125. The Balaban J connectivity index is 2.12. The van der Waals surface area contributed by atoms with Crippen molar-refractivity contribution in [1.29, 1.82) is 0 Å². The van der Waals surface area contributed by atoms with Crippen molar-refractivity contribution in [2.75, 3.05) is 12.0 Å². The van der Waals surface area contributed by atoms with Gasteiger partial charge in [-0.1, -0.05) is 6.07 Å². The molecule has 0 aromatic heterocycles. The van der Waals surface area contributed by atoms with Gasteiger partial charge in [0.1, 0.15) is 11.3 Å². The van der Waals surface area contributed by atoms with Crippen molar-refractivity contribution in [3.8, 4) is 5.75 Å². The van der Waals surface area contributed by atoms with Gasteiger partial charge in [0.05, 0.1) is 23.3 Å². The van der Waals surface area contributed by atoms with Crippen molar-refractivity contribution in [1.82, 2.24) is 0 Å². The first-order valence-electron chi connectivity index (χ1n) is 6.76. The van der Waals surface area contributed by atoms with Crippen LogP contribution in [0.25, 0.3) is 0 Å². The smallest absolute Gasteiger partial charge is 0.283 e. The molecule has 23 heavy (non-hydrogen) atoms. The number of hydrogen-bond acceptors (Lipinski definition) is 5. The number of anilines is 1. The molecule has 1 aliphatic rings. The van der Waals surface area contributed by atoms with Crippen LogP contribution in [0, 0.1) is 17.0 Å². The van der Waals surface area contributed by atoms with Gasteiger partial charge in [-0.15, -0.1) is 0 Å². The summed E-state index contributed by atoms with van der Waals surface area (Å²) >= 11 is 0. The first kappa shape index (κ1) is 14.7. The summed E-state index contributed by atoms with van der Waals surface area (Å²) in [5.74, 6) is -0.642. The average molecular weight is 312 g/mol. The Hall–Kier alpha value is -3.22. The number of fused-ring (bicyclic) bond motifs is 1. The van der Waals surface area contributed by atoms with Crippen LogP contribution in [0.1, 0.15) is 26.3 Å². The Kier molecular flexibility index (Phi) is 3.33. The van der Waals surface area contributed by atoms with Crippen molar-refractivity contribution < 1.29 is 19.2 Å². The third-order valence-corrected chi connectivity index (χ3v) is 3.73. The van der Waals surface area contributed by atoms with Gasteiger partial charge in [-0.2, -0.15) is 0 Å². The third kappa shape index (κ3) is 2.13. The van der Waals surface area contributed by atoms with Crippen molar-refractivity contribution in [3.63, 3.8) is 0 Å². The molecule has 3 rings (SSSR count). The molecule has 116 valence electrons. The van der Waals surface area contributed by atoms with E-state index in [1.165, 1.54) is 25.3 Å². The molecular weight excluding hydrogens is 300 g/mol. The zero-order chi connectivity index (χ0) is 16.7. The van der Waals surface area contributed by atoms with Crippen LogP contribution in [-0.2, 0) is 0 Å². The van der Waals surface area contributed by atoms with Crippen molar-refractivity contribution in [2.24, 2.45) is 0 Å². The quantitative estimate of drug-likeness (QED) is 0.494. The van der Waals surface area contributed by atoms with Crippen LogP contribution in [0.4, 0.5) is 11.4 Å². The fourth-order valence-corrected chi connectivity index (χ4v) is 2.66. The van der Waals surface area contributed by atoms with E-state index in [1.54, 1.807) is 25.1 Å². The molecule has 7 nitrogen and oxygen atoms in total. The van der Waals surface area contributed by atoms with Crippen molar-refractivity contribution in [2.45, 2.75) is 6.92 Å². The molecule has 0 radical (unpaired) electrons. The van der Waals surface area contributed by atoms with Gasteiger partial charge in [0.15, 0.2) is 0 Å². The van der Waals surface area contributed by atoms with Gasteiger partial charge < -0.3 is 4.74 Å². The number of aryl methyl sites for hydroxylation is 1. The van der Waals surface area contributed by atoms with E-state index in [-0.39, 0.29) is 16.8 Å². The maximum absolute atomic E-state index is 12.6. The zero-order valence-corrected chi connectivity index (χ0v) is 12.4. The minimum Gasteiger partial charge on any atom is -0.496 e. The van der Waals surface area contributed by atoms with Gasteiger partial charge in [-0.05, 0) is 36.8 Å². The van der Waals surface area contributed by atoms with E-state index in [4.69, 9.17) is 4.74 Å². The highest BCUT2D eigenvalue weighted by molar-refractivity contribution is 6.35. The maximum atomic E-state index is 12.6. The van der Waals surface area contributed by atoms with E-state index in [1.807, 2.05) is 0 Å². The third-order valence-electron chi connectivity index (χ3n) is 3.73. The molecule has 2 aromatic rings. The molecule has 2 aromatic carbocycles. The monoisotopic (exact) mass is 312 g/mol. The van der Waals surface area contributed by atoms with E-state index in [0.29, 0.717) is 11.4 Å². The second-order valence-corrected chi connectivity index (χ2v) is 5.06. The van der Waals surface area contributed by atoms with Crippen LogP contribution in [0.3, 0.4) is 0 Å². The predicted molar refractivity (Wildman–Crippen MR) is 82.0 cm³/mol. The first-order chi connectivity index (χ1) is 11.0. The summed E-state index contributed by atoms with van der Waals surface area (Å²) in [6, 6.07) is 8.87. The summed E-state index contributed by atoms with van der Waals surface area (Å²) in [7, 11) is 1.52. The van der Waals surface area contributed by atoms with E-state index >= 15 is 0 Å². The summed E-state index contributed by atoms with van der Waals surface area (Å²) in [6.07, 6.45) is 0. The van der Waals surface area contributed by atoms with Crippen LogP contribution in [-0.4, -0.2) is 23.8 Å². The number of nitrogens with zero attached hydrogens (tertiary/aromatic N) is 2. The maximum Gasteiger partial charge on any atom is 0.283 e. The highest BCUT2D eigenvalue weighted by Gasteiger charge is 2.41. The second-order valence-electron chi connectivity index (χ2n) is 5.06. The Morgan fingerprint density at radius 3 is 2.48 bits per heavy atom. The van der Waals surface area contributed by atoms with Gasteiger partial charge in [-0.25, -0.2) is 4.90 Å². The molecule has 1 heterocycles. The fourth-order valence-electron chi connectivity index (χ4n) is 2.66. The molecule has 0 bridgehead atoms. The van der Waals surface area contributed by atoms with Crippen molar-refractivity contribution in [3.05, 3.63) is 63.2 Å². The molecule has 2 amide bonds. The molecule has 0 spiro atoms. The number of carbonyl (C=O) groups is 2. The van der Waals surface area contributed by atoms with Crippen LogP contribution >= 0.6 is 0 Å². The van der Waals surface area contributed by atoms with Gasteiger partial charge in [0, 0.05) is 6.07 Å². The molecule has 0 N–H and O–H groups in total. The van der Waals surface area contributed by atoms with E-state index in [0.717, 1.165) is 10.5 Å². The van der Waals surface area contributed by atoms with Crippen LogP contribution in [0.15, 0.2) is 36.4 Å².